The van der Waals surface area contributed by atoms with Crippen LogP contribution in [0, 0.1) is 5.92 Å². The largest absolute Gasteiger partial charge is 0.481 e. The number of carbonyl (C=O) groups is 2. The third-order valence-electron chi connectivity index (χ3n) is 1.96. The van der Waals surface area contributed by atoms with Crippen molar-refractivity contribution in [2.24, 2.45) is 5.92 Å². The molecular weight excluding hydrogens is 222 g/mol. The van der Waals surface area contributed by atoms with Crippen molar-refractivity contribution < 1.29 is 19.4 Å². The number of carboxylic acid groups (broad SMARTS) is 1. The maximum Gasteiger partial charge on any atom is 0.407 e. The van der Waals surface area contributed by atoms with Crippen LogP contribution in [0.5, 0.6) is 0 Å². The Morgan fingerprint density at radius 2 is 2.06 bits per heavy atom. The molecule has 0 bridgehead atoms. The third-order valence-corrected chi connectivity index (χ3v) is 1.96. The van der Waals surface area contributed by atoms with Crippen molar-refractivity contribution >= 4 is 12.1 Å². The van der Waals surface area contributed by atoms with Crippen LogP contribution < -0.4 is 5.32 Å². The lowest BCUT2D eigenvalue weighted by Crippen LogP contribution is -2.34. The zero-order chi connectivity index (χ0) is 13.5. The SMILES string of the molecule is C=CC[C@H](CCNC(=O)OC(C)(C)C)C(=O)O. The average Bonchev–Trinajstić information content (AvgIpc) is 2.13. The molecule has 5 heteroatoms. The van der Waals surface area contributed by atoms with Gasteiger partial charge in [0.15, 0.2) is 0 Å². The molecule has 0 saturated heterocycles. The number of aliphatic carboxylic acids is 1. The summed E-state index contributed by atoms with van der Waals surface area (Å²) in [6.45, 7) is 9.08. The normalized spacial score (nSPS) is 12.6. The van der Waals surface area contributed by atoms with Crippen LogP contribution in [-0.4, -0.2) is 29.3 Å². The molecule has 98 valence electrons. The van der Waals surface area contributed by atoms with Crippen molar-refractivity contribution in [3.8, 4) is 0 Å². The standard InChI is InChI=1S/C12H21NO4/c1-5-6-9(10(14)15)7-8-13-11(16)17-12(2,3)4/h5,9H,1,6-8H2,2-4H3,(H,13,16)(H,14,15)/t9-/m1/s1. The summed E-state index contributed by atoms with van der Waals surface area (Å²) in [5.41, 5.74) is -0.544. The van der Waals surface area contributed by atoms with E-state index >= 15 is 0 Å². The fraction of sp³-hybridized carbons (Fsp3) is 0.667. The molecule has 0 aromatic carbocycles. The van der Waals surface area contributed by atoms with Gasteiger partial charge in [-0.3, -0.25) is 4.79 Å². The van der Waals surface area contributed by atoms with Gasteiger partial charge in [0, 0.05) is 6.54 Å². The van der Waals surface area contributed by atoms with E-state index in [1.54, 1.807) is 26.8 Å². The lowest BCUT2D eigenvalue weighted by molar-refractivity contribution is -0.141. The number of rotatable bonds is 6. The first-order valence-corrected chi connectivity index (χ1v) is 5.57. The third kappa shape index (κ3) is 8.30. The van der Waals surface area contributed by atoms with E-state index in [0.717, 1.165) is 0 Å². The van der Waals surface area contributed by atoms with Crippen LogP contribution >= 0.6 is 0 Å². The van der Waals surface area contributed by atoms with E-state index < -0.39 is 23.6 Å². The highest BCUT2D eigenvalue weighted by atomic mass is 16.6. The lowest BCUT2D eigenvalue weighted by atomic mass is 10.0. The minimum absolute atomic E-state index is 0.278. The van der Waals surface area contributed by atoms with Gasteiger partial charge in [-0.15, -0.1) is 6.58 Å². The van der Waals surface area contributed by atoms with E-state index in [4.69, 9.17) is 9.84 Å². The molecule has 1 amide bonds. The first kappa shape index (κ1) is 15.5. The van der Waals surface area contributed by atoms with Gasteiger partial charge < -0.3 is 15.2 Å². The molecule has 0 aliphatic carbocycles. The first-order valence-electron chi connectivity index (χ1n) is 5.57. The highest BCUT2D eigenvalue weighted by molar-refractivity contribution is 5.70. The Balaban J connectivity index is 3.92. The van der Waals surface area contributed by atoms with E-state index in [9.17, 15) is 9.59 Å². The van der Waals surface area contributed by atoms with Crippen LogP contribution in [-0.2, 0) is 9.53 Å². The molecule has 0 aromatic rings. The van der Waals surface area contributed by atoms with Gasteiger partial charge in [0.1, 0.15) is 5.60 Å². The Morgan fingerprint density at radius 1 is 1.47 bits per heavy atom. The van der Waals surface area contributed by atoms with E-state index in [0.29, 0.717) is 12.8 Å². The van der Waals surface area contributed by atoms with Crippen molar-refractivity contribution in [1.29, 1.82) is 0 Å². The summed E-state index contributed by atoms with van der Waals surface area (Å²) < 4.78 is 5.02. The molecule has 5 nitrogen and oxygen atoms in total. The van der Waals surface area contributed by atoms with Crippen molar-refractivity contribution in [2.75, 3.05) is 6.54 Å². The van der Waals surface area contributed by atoms with Crippen LogP contribution in [0.2, 0.25) is 0 Å². The first-order chi connectivity index (χ1) is 7.76. The van der Waals surface area contributed by atoms with Gasteiger partial charge in [-0.25, -0.2) is 4.79 Å². The number of alkyl carbamates (subject to hydrolysis) is 1. The highest BCUT2D eigenvalue weighted by Gasteiger charge is 2.18. The van der Waals surface area contributed by atoms with Crippen LogP contribution in [0.4, 0.5) is 4.79 Å². The van der Waals surface area contributed by atoms with Crippen molar-refractivity contribution in [3.05, 3.63) is 12.7 Å². The number of ether oxygens (including phenoxy) is 1. The Bertz CT molecular complexity index is 281. The molecule has 0 spiro atoms. The molecule has 0 aromatic heterocycles. The minimum atomic E-state index is -0.879. The number of hydrogen-bond acceptors (Lipinski definition) is 3. The van der Waals surface area contributed by atoms with E-state index in [1.165, 1.54) is 0 Å². The molecule has 0 aliphatic rings. The molecule has 0 saturated carbocycles. The quantitative estimate of drug-likeness (QED) is 0.701. The Kier molecular flexibility index (Phi) is 6.31. The maximum atomic E-state index is 11.3. The fourth-order valence-corrected chi connectivity index (χ4v) is 1.21. The van der Waals surface area contributed by atoms with Gasteiger partial charge in [-0.1, -0.05) is 6.08 Å². The minimum Gasteiger partial charge on any atom is -0.481 e. The molecule has 0 rings (SSSR count). The smallest absolute Gasteiger partial charge is 0.407 e. The molecular formula is C12H21NO4. The summed E-state index contributed by atoms with van der Waals surface area (Å²) >= 11 is 0. The van der Waals surface area contributed by atoms with Crippen molar-refractivity contribution in [1.82, 2.24) is 5.32 Å². The van der Waals surface area contributed by atoms with Gasteiger partial charge in [0.25, 0.3) is 0 Å². The zero-order valence-electron chi connectivity index (χ0n) is 10.7. The molecule has 0 unspecified atom stereocenters. The molecule has 1 atom stereocenters. The monoisotopic (exact) mass is 243 g/mol. The predicted octanol–water partition coefficient (Wildman–Crippen LogP) is 2.18. The number of carboxylic acids is 1. The molecule has 0 heterocycles. The van der Waals surface area contributed by atoms with Gasteiger partial charge in [-0.2, -0.15) is 0 Å². The van der Waals surface area contributed by atoms with Gasteiger partial charge >= 0.3 is 12.1 Å². The number of hydrogen-bond donors (Lipinski definition) is 2. The Hall–Kier alpha value is -1.52. The predicted molar refractivity (Wildman–Crippen MR) is 64.8 cm³/mol. The number of amides is 1. The second-order valence-electron chi connectivity index (χ2n) is 4.78. The van der Waals surface area contributed by atoms with Crippen LogP contribution in [0.15, 0.2) is 12.7 Å². The highest BCUT2D eigenvalue weighted by Crippen LogP contribution is 2.09. The number of nitrogens with one attached hydrogen (secondary N) is 1. The maximum absolute atomic E-state index is 11.3. The number of carbonyl (C=O) groups excluding carboxylic acids is 1. The molecule has 17 heavy (non-hydrogen) atoms. The summed E-state index contributed by atoms with van der Waals surface area (Å²) in [7, 11) is 0. The summed E-state index contributed by atoms with van der Waals surface area (Å²) in [4.78, 5) is 22.1. The lowest BCUT2D eigenvalue weighted by Gasteiger charge is -2.20. The summed E-state index contributed by atoms with van der Waals surface area (Å²) in [6, 6.07) is 0. The molecule has 0 fully saturated rings. The van der Waals surface area contributed by atoms with Gasteiger partial charge in [0.05, 0.1) is 5.92 Å². The van der Waals surface area contributed by atoms with Crippen molar-refractivity contribution in [2.45, 2.75) is 39.2 Å². The van der Waals surface area contributed by atoms with E-state index in [-0.39, 0.29) is 6.54 Å². The Morgan fingerprint density at radius 3 is 2.47 bits per heavy atom. The average molecular weight is 243 g/mol. The second kappa shape index (κ2) is 6.93. The molecule has 2 N–H and O–H groups in total. The second-order valence-corrected chi connectivity index (χ2v) is 4.78. The topological polar surface area (TPSA) is 75.6 Å². The van der Waals surface area contributed by atoms with E-state index in [1.807, 2.05) is 0 Å². The Labute approximate surface area is 102 Å². The molecule has 0 aliphatic heterocycles. The van der Waals surface area contributed by atoms with Gasteiger partial charge in [0.2, 0.25) is 0 Å². The zero-order valence-corrected chi connectivity index (χ0v) is 10.7. The van der Waals surface area contributed by atoms with Crippen LogP contribution in [0.3, 0.4) is 0 Å². The van der Waals surface area contributed by atoms with E-state index in [2.05, 4.69) is 11.9 Å². The molecule has 0 radical (unpaired) electrons. The van der Waals surface area contributed by atoms with Crippen molar-refractivity contribution in [3.63, 3.8) is 0 Å². The summed E-state index contributed by atoms with van der Waals surface area (Å²) in [6.07, 6.45) is 1.79. The van der Waals surface area contributed by atoms with Crippen LogP contribution in [0.25, 0.3) is 0 Å². The van der Waals surface area contributed by atoms with Crippen LogP contribution in [0.1, 0.15) is 33.6 Å². The van der Waals surface area contributed by atoms with Gasteiger partial charge in [-0.05, 0) is 33.6 Å². The summed E-state index contributed by atoms with van der Waals surface area (Å²) in [5, 5.41) is 11.4. The fourth-order valence-electron chi connectivity index (χ4n) is 1.21. The number of allylic oxidation sites excluding steroid dienone is 1. The summed E-state index contributed by atoms with van der Waals surface area (Å²) in [5.74, 6) is -1.39.